The molecule has 0 radical (unpaired) electrons. The Kier molecular flexibility index (Phi) is 3.97. The van der Waals surface area contributed by atoms with E-state index in [4.69, 9.17) is 9.47 Å². The summed E-state index contributed by atoms with van der Waals surface area (Å²) in [6.07, 6.45) is 1.42. The highest BCUT2D eigenvalue weighted by atomic mass is 16.7. The number of hydrazone groups is 1. The number of nitrogens with one attached hydrogen (secondary N) is 2. The molecule has 1 heterocycles. The Balaban J connectivity index is 1.92. The smallest absolute Gasteiger partial charge is 0.329 e. The summed E-state index contributed by atoms with van der Waals surface area (Å²) >= 11 is 0. The van der Waals surface area contributed by atoms with Gasteiger partial charge < -0.3 is 14.8 Å². The zero-order chi connectivity index (χ0) is 13.7. The molecule has 1 aromatic rings. The van der Waals surface area contributed by atoms with Gasteiger partial charge in [0.1, 0.15) is 0 Å². The Bertz CT molecular complexity index is 528. The number of benzene rings is 1. The molecule has 1 aromatic carbocycles. The number of carbonyl (C=O) groups is 2. The fraction of sp³-hybridized carbons (Fsp3) is 0.250. The molecule has 7 nitrogen and oxygen atoms in total. The summed E-state index contributed by atoms with van der Waals surface area (Å²) in [5, 5.41) is 6.06. The lowest BCUT2D eigenvalue weighted by Crippen LogP contribution is -2.37. The summed E-state index contributed by atoms with van der Waals surface area (Å²) in [6.45, 7) is 2.31. The van der Waals surface area contributed by atoms with Crippen molar-refractivity contribution in [3.63, 3.8) is 0 Å². The number of amides is 2. The van der Waals surface area contributed by atoms with Gasteiger partial charge in [-0.1, -0.05) is 0 Å². The molecule has 100 valence electrons. The van der Waals surface area contributed by atoms with Crippen molar-refractivity contribution in [1.82, 2.24) is 10.7 Å². The lowest BCUT2D eigenvalue weighted by Gasteiger charge is -2.00. The molecule has 0 aromatic heterocycles. The minimum atomic E-state index is -0.807. The van der Waals surface area contributed by atoms with Gasteiger partial charge in [-0.3, -0.25) is 9.59 Å². The van der Waals surface area contributed by atoms with E-state index in [0.717, 1.165) is 5.56 Å². The normalized spacial score (nSPS) is 12.5. The number of nitrogens with zero attached hydrogens (tertiary/aromatic N) is 1. The number of fused-ring (bicyclic) bond motifs is 1. The van der Waals surface area contributed by atoms with E-state index < -0.39 is 11.8 Å². The molecule has 0 atom stereocenters. The molecule has 19 heavy (non-hydrogen) atoms. The van der Waals surface area contributed by atoms with E-state index in [9.17, 15) is 9.59 Å². The average molecular weight is 263 g/mol. The number of rotatable bonds is 3. The second-order valence-corrected chi connectivity index (χ2v) is 3.67. The highest BCUT2D eigenvalue weighted by Gasteiger charge is 2.13. The summed E-state index contributed by atoms with van der Waals surface area (Å²) in [6, 6.07) is 5.23. The summed E-state index contributed by atoms with van der Waals surface area (Å²) in [5.41, 5.74) is 2.85. The van der Waals surface area contributed by atoms with Crippen LogP contribution in [0.4, 0.5) is 0 Å². The monoisotopic (exact) mass is 263 g/mol. The molecule has 0 spiro atoms. The number of ether oxygens (including phenoxy) is 2. The van der Waals surface area contributed by atoms with Gasteiger partial charge >= 0.3 is 11.8 Å². The summed E-state index contributed by atoms with van der Waals surface area (Å²) < 4.78 is 10.4. The van der Waals surface area contributed by atoms with Crippen LogP contribution in [0.3, 0.4) is 0 Å². The van der Waals surface area contributed by atoms with Crippen molar-refractivity contribution >= 4 is 18.0 Å². The van der Waals surface area contributed by atoms with Gasteiger partial charge in [0.25, 0.3) is 0 Å². The molecule has 2 N–H and O–H groups in total. The van der Waals surface area contributed by atoms with E-state index in [0.29, 0.717) is 18.0 Å². The van der Waals surface area contributed by atoms with Gasteiger partial charge in [-0.15, -0.1) is 0 Å². The van der Waals surface area contributed by atoms with Crippen LogP contribution < -0.4 is 20.2 Å². The minimum Gasteiger partial charge on any atom is -0.454 e. The third-order valence-corrected chi connectivity index (χ3v) is 2.32. The highest BCUT2D eigenvalue weighted by molar-refractivity contribution is 6.35. The molecule has 2 rings (SSSR count). The topological polar surface area (TPSA) is 89.0 Å². The van der Waals surface area contributed by atoms with Crippen LogP contribution in [-0.2, 0) is 9.59 Å². The van der Waals surface area contributed by atoms with Crippen LogP contribution in [0.2, 0.25) is 0 Å². The van der Waals surface area contributed by atoms with Crippen LogP contribution >= 0.6 is 0 Å². The summed E-state index contributed by atoms with van der Waals surface area (Å²) in [7, 11) is 0. The van der Waals surface area contributed by atoms with Gasteiger partial charge in [-0.25, -0.2) is 5.43 Å². The van der Waals surface area contributed by atoms with Gasteiger partial charge in [-0.2, -0.15) is 5.10 Å². The van der Waals surface area contributed by atoms with Gasteiger partial charge in [-0.05, 0) is 30.7 Å². The Morgan fingerprint density at radius 3 is 2.89 bits per heavy atom. The number of likely N-dealkylation sites (N-methyl/N-ethyl adjacent to an activating group) is 1. The van der Waals surface area contributed by atoms with Crippen molar-refractivity contribution in [2.45, 2.75) is 6.92 Å². The van der Waals surface area contributed by atoms with E-state index in [2.05, 4.69) is 15.8 Å². The van der Waals surface area contributed by atoms with Crippen molar-refractivity contribution < 1.29 is 19.1 Å². The number of hydrogen-bond acceptors (Lipinski definition) is 5. The zero-order valence-electron chi connectivity index (χ0n) is 10.3. The zero-order valence-corrected chi connectivity index (χ0v) is 10.3. The first kappa shape index (κ1) is 12.9. The molecule has 7 heteroatoms. The SMILES string of the molecule is CCNC(=O)C(=O)N/N=C\c1ccc2c(c1)OCO2. The molecular weight excluding hydrogens is 250 g/mol. The molecule has 1 aliphatic heterocycles. The first-order valence-electron chi connectivity index (χ1n) is 5.71. The van der Waals surface area contributed by atoms with Crippen molar-refractivity contribution in [1.29, 1.82) is 0 Å². The fourth-order valence-corrected chi connectivity index (χ4v) is 1.45. The van der Waals surface area contributed by atoms with Crippen molar-refractivity contribution in [2.24, 2.45) is 5.10 Å². The maximum Gasteiger partial charge on any atom is 0.329 e. The van der Waals surface area contributed by atoms with E-state index in [1.807, 2.05) is 0 Å². The second-order valence-electron chi connectivity index (χ2n) is 3.67. The van der Waals surface area contributed by atoms with Gasteiger partial charge in [0.2, 0.25) is 6.79 Å². The van der Waals surface area contributed by atoms with Gasteiger partial charge in [0.15, 0.2) is 11.5 Å². The lowest BCUT2D eigenvalue weighted by atomic mass is 10.2. The Labute approximate surface area is 109 Å². The van der Waals surface area contributed by atoms with E-state index in [1.54, 1.807) is 25.1 Å². The van der Waals surface area contributed by atoms with E-state index >= 15 is 0 Å². The Morgan fingerprint density at radius 1 is 1.32 bits per heavy atom. The molecule has 0 aliphatic carbocycles. The molecule has 0 unspecified atom stereocenters. The predicted octanol–water partition coefficient (Wildman–Crippen LogP) is 0.00150. The second kappa shape index (κ2) is 5.85. The third kappa shape index (κ3) is 3.21. The van der Waals surface area contributed by atoms with E-state index in [-0.39, 0.29) is 6.79 Å². The number of hydrogen-bond donors (Lipinski definition) is 2. The van der Waals surface area contributed by atoms with Crippen LogP contribution in [0.25, 0.3) is 0 Å². The minimum absolute atomic E-state index is 0.198. The van der Waals surface area contributed by atoms with Crippen molar-refractivity contribution in [2.75, 3.05) is 13.3 Å². The molecule has 0 saturated carbocycles. The molecule has 0 fully saturated rings. The largest absolute Gasteiger partial charge is 0.454 e. The molecule has 0 bridgehead atoms. The predicted molar refractivity (Wildman–Crippen MR) is 67.0 cm³/mol. The van der Waals surface area contributed by atoms with E-state index in [1.165, 1.54) is 6.21 Å². The van der Waals surface area contributed by atoms with Crippen LogP contribution in [0.1, 0.15) is 12.5 Å². The number of carbonyl (C=O) groups excluding carboxylic acids is 2. The average Bonchev–Trinajstić information content (AvgIpc) is 2.86. The standard InChI is InChI=1S/C12H13N3O4/c1-2-13-11(16)12(17)15-14-6-8-3-4-9-10(5-8)19-7-18-9/h3-6H,2,7H2,1H3,(H,13,16)(H,15,17)/b14-6-. The Morgan fingerprint density at radius 2 is 2.11 bits per heavy atom. The molecule has 2 amide bonds. The summed E-state index contributed by atoms with van der Waals surface area (Å²) in [4.78, 5) is 22.3. The molecule has 1 aliphatic rings. The molecular formula is C12H13N3O4. The van der Waals surface area contributed by atoms with Gasteiger partial charge in [0, 0.05) is 6.54 Å². The Hall–Kier alpha value is -2.57. The quantitative estimate of drug-likeness (QED) is 0.456. The van der Waals surface area contributed by atoms with Gasteiger partial charge in [0.05, 0.1) is 6.21 Å². The summed E-state index contributed by atoms with van der Waals surface area (Å²) in [5.74, 6) is -0.230. The third-order valence-electron chi connectivity index (χ3n) is 2.32. The first-order chi connectivity index (χ1) is 9.20. The van der Waals surface area contributed by atoms with Crippen molar-refractivity contribution in [3.05, 3.63) is 23.8 Å². The maximum atomic E-state index is 11.2. The van der Waals surface area contributed by atoms with Crippen LogP contribution in [0.15, 0.2) is 23.3 Å². The van der Waals surface area contributed by atoms with Crippen LogP contribution in [0.5, 0.6) is 11.5 Å². The maximum absolute atomic E-state index is 11.2. The van der Waals surface area contributed by atoms with Crippen molar-refractivity contribution in [3.8, 4) is 11.5 Å². The fourth-order valence-electron chi connectivity index (χ4n) is 1.45. The van der Waals surface area contributed by atoms with Crippen LogP contribution in [0, 0.1) is 0 Å². The molecule has 0 saturated heterocycles. The lowest BCUT2D eigenvalue weighted by molar-refractivity contribution is -0.139. The first-order valence-corrected chi connectivity index (χ1v) is 5.71. The van der Waals surface area contributed by atoms with Crippen LogP contribution in [-0.4, -0.2) is 31.4 Å². The highest BCUT2D eigenvalue weighted by Crippen LogP contribution is 2.31.